The maximum absolute atomic E-state index is 13.5. The fourth-order valence-electron chi connectivity index (χ4n) is 6.32. The highest BCUT2D eigenvalue weighted by Gasteiger charge is 2.33. The van der Waals surface area contributed by atoms with E-state index in [1.165, 1.54) is 23.1 Å². The third-order valence-electron chi connectivity index (χ3n) is 9.66. The minimum atomic E-state index is -5.20. The van der Waals surface area contributed by atoms with Crippen LogP contribution in [0.1, 0.15) is 38.8 Å². The maximum Gasteiger partial charge on any atom is 0.416 e. The fraction of sp³-hybridized carbons (Fsp3) is 0.341. The molecule has 5 rings (SSSR count). The van der Waals surface area contributed by atoms with Gasteiger partial charge in [-0.2, -0.15) is 54.8 Å². The van der Waals surface area contributed by atoms with Crippen LogP contribution in [-0.4, -0.2) is 90.6 Å². The van der Waals surface area contributed by atoms with Gasteiger partial charge in [0.25, 0.3) is 10.1 Å². The molecule has 1 aromatic heterocycles. The van der Waals surface area contributed by atoms with E-state index in [9.17, 15) is 49.5 Å². The lowest BCUT2D eigenvalue weighted by molar-refractivity contribution is -0.138. The third kappa shape index (κ3) is 13.0. The van der Waals surface area contributed by atoms with E-state index in [0.717, 1.165) is 23.9 Å². The van der Waals surface area contributed by atoms with Crippen molar-refractivity contribution in [2.24, 2.45) is 20.5 Å². The number of nitrogens with zero attached hydrogens (tertiary/aromatic N) is 10. The van der Waals surface area contributed by atoms with Crippen LogP contribution in [0.2, 0.25) is 0 Å². The summed E-state index contributed by atoms with van der Waals surface area (Å²) in [6, 6.07) is 15.8. The predicted octanol–water partition coefficient (Wildman–Crippen LogP) is 9.96. The van der Waals surface area contributed by atoms with E-state index >= 15 is 0 Å². The number of aliphatic hydroxyl groups is 2. The molecule has 1 heterocycles. The second-order valence-corrected chi connectivity index (χ2v) is 15.2. The number of halogens is 6. The van der Waals surface area contributed by atoms with Crippen molar-refractivity contribution in [3.05, 3.63) is 90.0 Å². The molecule has 0 saturated carbocycles. The van der Waals surface area contributed by atoms with Gasteiger partial charge in [-0.15, -0.1) is 15.3 Å². The van der Waals surface area contributed by atoms with E-state index in [1.807, 2.05) is 37.5 Å². The van der Waals surface area contributed by atoms with Crippen LogP contribution in [0.4, 0.5) is 89.7 Å². The Morgan fingerprint density at radius 1 is 0.569 bits per heavy atom. The molecule has 24 heteroatoms. The number of nitrogens with one attached hydrogen (secondary N) is 2. The van der Waals surface area contributed by atoms with Crippen molar-refractivity contribution in [3.63, 3.8) is 0 Å². The van der Waals surface area contributed by atoms with Crippen molar-refractivity contribution in [1.82, 2.24) is 15.0 Å². The van der Waals surface area contributed by atoms with Crippen LogP contribution in [0.5, 0.6) is 0 Å². The zero-order valence-electron chi connectivity index (χ0n) is 35.5. The van der Waals surface area contributed by atoms with Gasteiger partial charge in [0.05, 0.1) is 41.4 Å². The predicted molar refractivity (Wildman–Crippen MR) is 234 cm³/mol. The highest BCUT2D eigenvalue weighted by Crippen LogP contribution is 2.39. The lowest BCUT2D eigenvalue weighted by atomic mass is 10.2. The Kier molecular flexibility index (Phi) is 16.3. The van der Waals surface area contributed by atoms with Gasteiger partial charge < -0.3 is 35.5 Å². The molecule has 4 aromatic carbocycles. The molecule has 0 atom stereocenters. The van der Waals surface area contributed by atoms with Crippen molar-refractivity contribution in [1.29, 1.82) is 0 Å². The van der Waals surface area contributed by atoms with Crippen molar-refractivity contribution >= 4 is 73.5 Å². The summed E-state index contributed by atoms with van der Waals surface area (Å²) >= 11 is 0. The molecule has 0 aliphatic heterocycles. The number of aromatic nitrogens is 3. The third-order valence-corrected chi connectivity index (χ3v) is 10.5. The molecule has 0 amide bonds. The number of rotatable bonds is 20. The van der Waals surface area contributed by atoms with Crippen LogP contribution in [0, 0.1) is 0 Å². The summed E-state index contributed by atoms with van der Waals surface area (Å²) in [6.45, 7) is 9.42. The molecule has 5 N–H and O–H groups in total. The molecule has 0 saturated heterocycles. The van der Waals surface area contributed by atoms with E-state index in [-0.39, 0.29) is 73.0 Å². The Labute approximate surface area is 370 Å². The largest absolute Gasteiger partial charge is 0.416 e. The maximum atomic E-state index is 13.5. The quantitative estimate of drug-likeness (QED) is 0.0279. The van der Waals surface area contributed by atoms with Crippen LogP contribution >= 0.6 is 0 Å². The van der Waals surface area contributed by atoms with Crippen LogP contribution < -0.4 is 25.3 Å². The average molecular weight is 933 g/mol. The number of hydrogen-bond donors (Lipinski definition) is 5. The fourth-order valence-corrected chi connectivity index (χ4v) is 6.97. The van der Waals surface area contributed by atoms with Crippen LogP contribution in [-0.2, 0) is 22.5 Å². The zero-order valence-corrected chi connectivity index (χ0v) is 36.3. The molecular weight excluding hydrogens is 887 g/mol. The number of anilines is 7. The first-order chi connectivity index (χ1) is 30.8. The summed E-state index contributed by atoms with van der Waals surface area (Å²) in [5, 5.41) is 42.6. The van der Waals surface area contributed by atoms with Crippen LogP contribution in [0.15, 0.2) is 104 Å². The normalized spacial score (nSPS) is 12.3. The SMILES string of the molecule is CCN(CC)c1ccc(/N=N/c2ccc(C(F)(F)F)cc2)c(Nc2nc(Nc3cc(N(CC)CC)ccc3/N=N/c3ccc(C(F)(F)F)cc3S(=O)(=O)O)nc(N(CCO)CCO)n2)c1. The van der Waals surface area contributed by atoms with E-state index in [1.54, 1.807) is 30.3 Å². The van der Waals surface area contributed by atoms with E-state index in [4.69, 9.17) is 0 Å². The number of benzene rings is 4. The van der Waals surface area contributed by atoms with Gasteiger partial charge in [-0.1, -0.05) is 0 Å². The van der Waals surface area contributed by atoms with Gasteiger partial charge in [-0.3, -0.25) is 4.55 Å². The molecule has 65 heavy (non-hydrogen) atoms. The zero-order chi connectivity index (χ0) is 47.5. The van der Waals surface area contributed by atoms with Crippen LogP contribution in [0.25, 0.3) is 0 Å². The molecule has 0 unspecified atom stereocenters. The van der Waals surface area contributed by atoms with Gasteiger partial charge in [0.1, 0.15) is 22.0 Å². The average Bonchev–Trinajstić information content (AvgIpc) is 3.25. The lowest BCUT2D eigenvalue weighted by Gasteiger charge is -2.24. The Morgan fingerprint density at radius 3 is 1.43 bits per heavy atom. The molecule has 5 aromatic rings. The van der Waals surface area contributed by atoms with E-state index in [2.05, 4.69) is 46.0 Å². The van der Waals surface area contributed by atoms with Gasteiger partial charge in [-0.25, -0.2) is 0 Å². The van der Waals surface area contributed by atoms with Crippen molar-refractivity contribution < 1.29 is 49.5 Å². The molecule has 0 aliphatic rings. The summed E-state index contributed by atoms with van der Waals surface area (Å²) in [5.74, 6) is -0.245. The summed E-state index contributed by atoms with van der Waals surface area (Å²) < 4.78 is 114. The standard InChI is InChI=1S/C41H46F6N12O5S/c1-5-57(6-2)29-14-17-31(54-53-28-12-9-26(10-13-28)40(42,43)44)34(24-29)48-37-50-38(52-39(51-37)59(19-21-60)20-22-61)49-35-25-30(58(7-3)8-4)15-18-32(35)55-56-33-16-11-27(41(45,46)47)23-36(33)65(62,63)64/h9-18,23-25,60-61H,5-8,19-22H2,1-4H3,(H,62,63,64)(H2,48,49,50,51,52)/b54-53+,56-55+. The van der Waals surface area contributed by atoms with Crippen molar-refractivity contribution in [2.45, 2.75) is 44.9 Å². The molecular formula is C41H46F6N12O5S. The van der Waals surface area contributed by atoms with Gasteiger partial charge >= 0.3 is 12.4 Å². The highest BCUT2D eigenvalue weighted by molar-refractivity contribution is 7.86. The molecule has 0 radical (unpaired) electrons. The lowest BCUT2D eigenvalue weighted by Crippen LogP contribution is -2.31. The van der Waals surface area contributed by atoms with Gasteiger partial charge in [0.2, 0.25) is 17.8 Å². The molecule has 348 valence electrons. The smallest absolute Gasteiger partial charge is 0.395 e. The Bertz CT molecular complexity index is 2570. The minimum absolute atomic E-state index is 0.0202. The number of alkyl halides is 6. The summed E-state index contributed by atoms with van der Waals surface area (Å²) in [7, 11) is -5.20. The molecule has 0 bridgehead atoms. The van der Waals surface area contributed by atoms with Gasteiger partial charge in [-0.05, 0) is 107 Å². The topological polar surface area (TPSA) is 217 Å². The molecule has 0 spiro atoms. The second kappa shape index (κ2) is 21.5. The first kappa shape index (κ1) is 49.5. The minimum Gasteiger partial charge on any atom is -0.395 e. The van der Waals surface area contributed by atoms with Crippen molar-refractivity contribution in [3.8, 4) is 0 Å². The van der Waals surface area contributed by atoms with E-state index in [0.29, 0.717) is 43.6 Å². The summed E-state index contributed by atoms with van der Waals surface area (Å²) in [6.07, 6.45) is -9.47. The van der Waals surface area contributed by atoms with Gasteiger partial charge in [0, 0.05) is 50.6 Å². The van der Waals surface area contributed by atoms with Gasteiger partial charge in [0.15, 0.2) is 0 Å². The highest BCUT2D eigenvalue weighted by atomic mass is 32.2. The van der Waals surface area contributed by atoms with Crippen molar-refractivity contribution in [2.75, 3.05) is 77.8 Å². The number of azo groups is 2. The van der Waals surface area contributed by atoms with Crippen LogP contribution in [0.3, 0.4) is 0 Å². The second-order valence-electron chi connectivity index (χ2n) is 13.8. The summed E-state index contributed by atoms with van der Waals surface area (Å²) in [5.41, 5.74) is -0.451. The molecule has 17 nitrogen and oxygen atoms in total. The summed E-state index contributed by atoms with van der Waals surface area (Å²) in [4.78, 5) is 18.1. The number of aliphatic hydroxyl groups excluding tert-OH is 2. The molecule has 0 aliphatic carbocycles. The number of hydrogen-bond acceptors (Lipinski definition) is 16. The first-order valence-electron chi connectivity index (χ1n) is 20.1. The Morgan fingerprint density at radius 2 is 1.00 bits per heavy atom. The first-order valence-corrected chi connectivity index (χ1v) is 21.5. The van der Waals surface area contributed by atoms with E-state index < -0.39 is 44.2 Å². The Hall–Kier alpha value is -6.50. The molecule has 0 fully saturated rings. The Balaban J connectivity index is 1.64. The monoisotopic (exact) mass is 932 g/mol.